The van der Waals surface area contributed by atoms with Gasteiger partial charge in [0.15, 0.2) is 0 Å². The third kappa shape index (κ3) is 1.96. The first kappa shape index (κ1) is 11.1. The molecule has 0 saturated heterocycles. The Bertz CT molecular complexity index is 589. The summed E-state index contributed by atoms with van der Waals surface area (Å²) < 4.78 is 1.49. The Morgan fingerprint density at radius 3 is 2.59 bits per heavy atom. The van der Waals surface area contributed by atoms with Gasteiger partial charge in [0.2, 0.25) is 0 Å². The smallest absolute Gasteiger partial charge is 0.294 e. The van der Waals surface area contributed by atoms with Gasteiger partial charge in [0.25, 0.3) is 5.69 Å². The number of nitrogens with two attached hydrogens (primary N) is 1. The van der Waals surface area contributed by atoms with Gasteiger partial charge in [-0.05, 0) is 25.5 Å². The first-order valence-electron chi connectivity index (χ1n) is 5.06. The molecule has 0 aliphatic rings. The minimum atomic E-state index is -0.425. The van der Waals surface area contributed by atoms with Crippen molar-refractivity contribution in [1.29, 1.82) is 0 Å². The van der Waals surface area contributed by atoms with Crippen LogP contribution in [-0.4, -0.2) is 14.7 Å². The number of hydrogen-bond acceptors (Lipinski definition) is 4. The molecule has 2 N–H and O–H groups in total. The average molecular weight is 232 g/mol. The lowest BCUT2D eigenvalue weighted by atomic mass is 10.2. The number of aromatic nitrogens is 2. The van der Waals surface area contributed by atoms with Crippen LogP contribution in [0.2, 0.25) is 0 Å². The molecule has 0 aliphatic heterocycles. The summed E-state index contributed by atoms with van der Waals surface area (Å²) in [5, 5.41) is 15.0. The van der Waals surface area contributed by atoms with Gasteiger partial charge in [0.05, 0.1) is 4.92 Å². The van der Waals surface area contributed by atoms with Gasteiger partial charge in [-0.2, -0.15) is 5.10 Å². The molecule has 88 valence electrons. The van der Waals surface area contributed by atoms with Crippen LogP contribution in [0.25, 0.3) is 5.69 Å². The minimum absolute atomic E-state index is 0.0156. The second-order valence-corrected chi connectivity index (χ2v) is 3.87. The predicted molar refractivity (Wildman–Crippen MR) is 64.1 cm³/mol. The first-order chi connectivity index (χ1) is 7.99. The molecule has 0 amide bonds. The molecule has 0 aliphatic carbocycles. The van der Waals surface area contributed by atoms with Crippen LogP contribution in [0.4, 0.5) is 11.5 Å². The Kier molecular flexibility index (Phi) is 2.55. The third-order valence-corrected chi connectivity index (χ3v) is 2.46. The number of nitrogens with zero attached hydrogens (tertiary/aromatic N) is 3. The third-order valence-electron chi connectivity index (χ3n) is 2.46. The van der Waals surface area contributed by atoms with E-state index in [1.165, 1.54) is 10.7 Å². The van der Waals surface area contributed by atoms with Gasteiger partial charge < -0.3 is 5.73 Å². The summed E-state index contributed by atoms with van der Waals surface area (Å²) in [5.41, 5.74) is 7.72. The zero-order valence-electron chi connectivity index (χ0n) is 9.54. The second-order valence-electron chi connectivity index (χ2n) is 3.87. The number of nitro benzene ring substituents is 1. The van der Waals surface area contributed by atoms with E-state index in [9.17, 15) is 10.1 Å². The van der Waals surface area contributed by atoms with Crippen molar-refractivity contribution in [2.45, 2.75) is 13.8 Å². The van der Waals surface area contributed by atoms with E-state index < -0.39 is 4.92 Å². The van der Waals surface area contributed by atoms with Crippen LogP contribution in [0.1, 0.15) is 11.3 Å². The van der Waals surface area contributed by atoms with Crippen molar-refractivity contribution in [3.05, 3.63) is 45.6 Å². The lowest BCUT2D eigenvalue weighted by Crippen LogP contribution is -2.04. The topological polar surface area (TPSA) is 87.0 Å². The van der Waals surface area contributed by atoms with Crippen molar-refractivity contribution >= 4 is 11.5 Å². The summed E-state index contributed by atoms with van der Waals surface area (Å²) >= 11 is 0. The summed E-state index contributed by atoms with van der Waals surface area (Å²) in [6, 6.07) is 6.56. The fourth-order valence-electron chi connectivity index (χ4n) is 1.70. The Morgan fingerprint density at radius 2 is 2.06 bits per heavy atom. The van der Waals surface area contributed by atoms with Crippen molar-refractivity contribution in [2.24, 2.45) is 0 Å². The molecule has 6 heteroatoms. The maximum absolute atomic E-state index is 11.0. The highest BCUT2D eigenvalue weighted by Gasteiger charge is 2.17. The highest BCUT2D eigenvalue weighted by molar-refractivity contribution is 5.55. The van der Waals surface area contributed by atoms with E-state index in [1.807, 2.05) is 6.92 Å². The fraction of sp³-hybridized carbons (Fsp3) is 0.182. The number of aryl methyl sites for hydroxylation is 2. The first-order valence-corrected chi connectivity index (χ1v) is 5.06. The van der Waals surface area contributed by atoms with Crippen LogP contribution >= 0.6 is 0 Å². The molecule has 1 heterocycles. The summed E-state index contributed by atoms with van der Waals surface area (Å²) in [5.74, 6) is 0.346. The highest BCUT2D eigenvalue weighted by atomic mass is 16.6. The molecular weight excluding hydrogens is 220 g/mol. The maximum Gasteiger partial charge on any atom is 0.294 e. The number of hydrogen-bond donors (Lipinski definition) is 1. The molecule has 0 spiro atoms. The molecule has 6 nitrogen and oxygen atoms in total. The van der Waals surface area contributed by atoms with E-state index in [0.717, 1.165) is 11.3 Å². The van der Waals surface area contributed by atoms with Crippen molar-refractivity contribution < 1.29 is 4.92 Å². The Labute approximate surface area is 97.8 Å². The van der Waals surface area contributed by atoms with Crippen molar-refractivity contribution in [1.82, 2.24) is 9.78 Å². The van der Waals surface area contributed by atoms with Crippen LogP contribution in [0.3, 0.4) is 0 Å². The largest absolute Gasteiger partial charge is 0.382 e. The van der Waals surface area contributed by atoms with E-state index in [0.29, 0.717) is 11.5 Å². The number of nitro groups is 1. The molecule has 0 fully saturated rings. The lowest BCUT2D eigenvalue weighted by molar-refractivity contribution is -0.384. The van der Waals surface area contributed by atoms with Crippen LogP contribution in [0.5, 0.6) is 0 Å². The van der Waals surface area contributed by atoms with Crippen molar-refractivity contribution in [3.63, 3.8) is 0 Å². The van der Waals surface area contributed by atoms with Crippen molar-refractivity contribution in [2.75, 3.05) is 5.73 Å². The van der Waals surface area contributed by atoms with E-state index in [-0.39, 0.29) is 5.69 Å². The summed E-state index contributed by atoms with van der Waals surface area (Å²) in [4.78, 5) is 10.5. The van der Waals surface area contributed by atoms with E-state index in [1.54, 1.807) is 25.1 Å². The molecule has 2 aromatic rings. The van der Waals surface area contributed by atoms with E-state index in [4.69, 9.17) is 5.73 Å². The van der Waals surface area contributed by atoms with E-state index in [2.05, 4.69) is 5.10 Å². The fourth-order valence-corrected chi connectivity index (χ4v) is 1.70. The molecule has 0 unspecified atom stereocenters. The molecule has 0 saturated carbocycles. The standard InChI is InChI=1S/C11H12N4O2/c1-7-3-4-9(15(16)17)10(5-7)14-8(2)6-11(12)13-14/h3-6H,1-2H3,(H2,12,13). The number of anilines is 1. The monoisotopic (exact) mass is 232 g/mol. The normalized spacial score (nSPS) is 10.5. The predicted octanol–water partition coefficient (Wildman–Crippen LogP) is 1.98. The number of rotatable bonds is 2. The van der Waals surface area contributed by atoms with Gasteiger partial charge >= 0.3 is 0 Å². The average Bonchev–Trinajstić information content (AvgIpc) is 2.57. The molecule has 0 bridgehead atoms. The summed E-state index contributed by atoms with van der Waals surface area (Å²) in [6.07, 6.45) is 0. The second kappa shape index (κ2) is 3.89. The quantitative estimate of drug-likeness (QED) is 0.633. The lowest BCUT2D eigenvalue weighted by Gasteiger charge is -2.06. The Balaban J connectivity index is 2.69. The Morgan fingerprint density at radius 1 is 1.35 bits per heavy atom. The van der Waals surface area contributed by atoms with Crippen LogP contribution < -0.4 is 5.73 Å². The van der Waals surface area contributed by atoms with Crippen LogP contribution in [0, 0.1) is 24.0 Å². The number of benzene rings is 1. The molecule has 17 heavy (non-hydrogen) atoms. The summed E-state index contributed by atoms with van der Waals surface area (Å²) in [6.45, 7) is 3.67. The SMILES string of the molecule is Cc1ccc([N+](=O)[O-])c(-n2nc(N)cc2C)c1. The van der Waals surface area contributed by atoms with Gasteiger partial charge in [-0.3, -0.25) is 10.1 Å². The maximum atomic E-state index is 11.0. The zero-order chi connectivity index (χ0) is 12.6. The minimum Gasteiger partial charge on any atom is -0.382 e. The molecule has 1 aromatic carbocycles. The van der Waals surface area contributed by atoms with Crippen LogP contribution in [0.15, 0.2) is 24.3 Å². The van der Waals surface area contributed by atoms with Gasteiger partial charge in [-0.25, -0.2) is 4.68 Å². The van der Waals surface area contributed by atoms with Gasteiger partial charge in [-0.15, -0.1) is 0 Å². The van der Waals surface area contributed by atoms with Gasteiger partial charge in [0.1, 0.15) is 11.5 Å². The van der Waals surface area contributed by atoms with E-state index >= 15 is 0 Å². The molecular formula is C11H12N4O2. The Hall–Kier alpha value is -2.37. The molecule has 1 aromatic heterocycles. The zero-order valence-corrected chi connectivity index (χ0v) is 9.54. The van der Waals surface area contributed by atoms with Gasteiger partial charge in [-0.1, -0.05) is 6.07 Å². The molecule has 0 radical (unpaired) electrons. The summed E-state index contributed by atoms with van der Waals surface area (Å²) in [7, 11) is 0. The molecule has 2 rings (SSSR count). The number of nitrogen functional groups attached to an aromatic ring is 1. The highest BCUT2D eigenvalue weighted by Crippen LogP contribution is 2.25. The van der Waals surface area contributed by atoms with Crippen LogP contribution in [-0.2, 0) is 0 Å². The molecule has 0 atom stereocenters. The van der Waals surface area contributed by atoms with Crippen molar-refractivity contribution in [3.8, 4) is 5.69 Å². The van der Waals surface area contributed by atoms with Gasteiger partial charge in [0, 0.05) is 17.8 Å².